The lowest BCUT2D eigenvalue weighted by molar-refractivity contribution is 0.102. The van der Waals surface area contributed by atoms with Crippen LogP contribution in [0.1, 0.15) is 35.8 Å². The lowest BCUT2D eigenvalue weighted by Crippen LogP contribution is -2.14. The van der Waals surface area contributed by atoms with E-state index in [-0.39, 0.29) is 5.91 Å². The van der Waals surface area contributed by atoms with Gasteiger partial charge in [-0.15, -0.1) is 0 Å². The summed E-state index contributed by atoms with van der Waals surface area (Å²) in [5.74, 6) is -0.213. The number of benzene rings is 1. The average molecular weight is 362 g/mol. The molecule has 5 heteroatoms. The topological polar surface area (TPSA) is 54.0 Å². The van der Waals surface area contributed by atoms with Crippen molar-refractivity contribution in [1.82, 2.24) is 4.98 Å². The summed E-state index contributed by atoms with van der Waals surface area (Å²) >= 11 is 3.46. The number of nitrogens with one attached hydrogen (secondary N) is 2. The molecule has 2 aromatic rings. The van der Waals surface area contributed by atoms with Crippen LogP contribution in [0.5, 0.6) is 0 Å². The summed E-state index contributed by atoms with van der Waals surface area (Å²) in [7, 11) is 0. The zero-order chi connectivity index (χ0) is 15.9. The quantitative estimate of drug-likeness (QED) is 0.738. The minimum Gasteiger partial charge on any atom is -0.385 e. The Hall–Kier alpha value is -1.88. The maximum Gasteiger partial charge on any atom is 0.274 e. The molecular weight excluding hydrogens is 342 g/mol. The predicted octanol–water partition coefficient (Wildman–Crippen LogP) is 4.62. The largest absolute Gasteiger partial charge is 0.385 e. The molecule has 4 nitrogen and oxygen atoms in total. The maximum atomic E-state index is 12.3. The highest BCUT2D eigenvalue weighted by Crippen LogP contribution is 2.21. The molecule has 2 rings (SSSR count). The zero-order valence-electron chi connectivity index (χ0n) is 12.8. The van der Waals surface area contributed by atoms with E-state index in [1.54, 1.807) is 12.3 Å². The van der Waals surface area contributed by atoms with Gasteiger partial charge in [0.15, 0.2) is 0 Å². The van der Waals surface area contributed by atoms with Crippen LogP contribution in [0.2, 0.25) is 0 Å². The second kappa shape index (κ2) is 7.94. The normalized spacial score (nSPS) is 10.3. The molecule has 0 atom stereocenters. The third kappa shape index (κ3) is 4.56. The number of pyridine rings is 1. The van der Waals surface area contributed by atoms with Crippen LogP contribution < -0.4 is 10.6 Å². The van der Waals surface area contributed by atoms with Crippen molar-refractivity contribution in [2.24, 2.45) is 0 Å². The summed E-state index contributed by atoms with van der Waals surface area (Å²) < 4.78 is 0.966. The van der Waals surface area contributed by atoms with Crippen LogP contribution in [0.15, 0.2) is 41.0 Å². The molecule has 0 fully saturated rings. The first-order valence-corrected chi connectivity index (χ1v) is 8.17. The number of unbranched alkanes of at least 4 members (excludes halogenated alkanes) is 1. The predicted molar refractivity (Wildman–Crippen MR) is 94.5 cm³/mol. The number of halogens is 1. The van der Waals surface area contributed by atoms with Crippen LogP contribution in [0.3, 0.4) is 0 Å². The van der Waals surface area contributed by atoms with Gasteiger partial charge in [-0.2, -0.15) is 0 Å². The monoisotopic (exact) mass is 361 g/mol. The molecule has 0 spiro atoms. The van der Waals surface area contributed by atoms with Crippen molar-refractivity contribution in [3.8, 4) is 0 Å². The summed E-state index contributed by atoms with van der Waals surface area (Å²) in [6.45, 7) is 5.04. The second-order valence-electron chi connectivity index (χ2n) is 5.13. The van der Waals surface area contributed by atoms with Gasteiger partial charge in [0.05, 0.1) is 0 Å². The number of amides is 1. The van der Waals surface area contributed by atoms with Gasteiger partial charge in [-0.3, -0.25) is 9.78 Å². The van der Waals surface area contributed by atoms with Gasteiger partial charge >= 0.3 is 0 Å². The Bertz CT molecular complexity index is 658. The number of hydrogen-bond acceptors (Lipinski definition) is 3. The molecule has 1 aromatic heterocycles. The van der Waals surface area contributed by atoms with Crippen LogP contribution in [0, 0.1) is 6.92 Å². The van der Waals surface area contributed by atoms with Gasteiger partial charge in [-0.25, -0.2) is 0 Å². The molecule has 0 saturated heterocycles. The summed E-state index contributed by atoms with van der Waals surface area (Å²) in [5.41, 5.74) is 3.18. The summed E-state index contributed by atoms with van der Waals surface area (Å²) in [5, 5.41) is 6.16. The van der Waals surface area contributed by atoms with Crippen LogP contribution in [-0.4, -0.2) is 17.4 Å². The number of carbonyl (C=O) groups is 1. The number of aromatic nitrogens is 1. The van der Waals surface area contributed by atoms with E-state index in [1.165, 1.54) is 0 Å². The van der Waals surface area contributed by atoms with Gasteiger partial charge in [-0.05, 0) is 43.2 Å². The highest BCUT2D eigenvalue weighted by atomic mass is 79.9. The third-order valence-electron chi connectivity index (χ3n) is 3.28. The van der Waals surface area contributed by atoms with Crippen LogP contribution >= 0.6 is 15.9 Å². The van der Waals surface area contributed by atoms with E-state index in [9.17, 15) is 4.79 Å². The Balaban J connectivity index is 2.05. The highest BCUT2D eigenvalue weighted by molar-refractivity contribution is 9.10. The molecule has 2 N–H and O–H groups in total. The average Bonchev–Trinajstić information content (AvgIpc) is 2.51. The molecule has 0 aliphatic carbocycles. The molecule has 0 aliphatic heterocycles. The van der Waals surface area contributed by atoms with Crippen molar-refractivity contribution in [2.75, 3.05) is 17.2 Å². The van der Waals surface area contributed by atoms with Crippen molar-refractivity contribution in [1.29, 1.82) is 0 Å². The fraction of sp³-hybridized carbons (Fsp3) is 0.294. The maximum absolute atomic E-state index is 12.3. The lowest BCUT2D eigenvalue weighted by atomic mass is 10.2. The lowest BCUT2D eigenvalue weighted by Gasteiger charge is -2.09. The molecule has 0 saturated carbocycles. The fourth-order valence-corrected chi connectivity index (χ4v) is 2.32. The molecule has 0 bridgehead atoms. The van der Waals surface area contributed by atoms with Crippen LogP contribution in [-0.2, 0) is 0 Å². The van der Waals surface area contributed by atoms with Gasteiger partial charge in [-0.1, -0.05) is 35.3 Å². The van der Waals surface area contributed by atoms with E-state index in [0.717, 1.165) is 40.8 Å². The summed E-state index contributed by atoms with van der Waals surface area (Å²) in [6, 6.07) is 9.36. The van der Waals surface area contributed by atoms with Gasteiger partial charge in [0, 0.05) is 28.6 Å². The first kappa shape index (κ1) is 16.5. The molecule has 0 radical (unpaired) electrons. The third-order valence-corrected chi connectivity index (χ3v) is 4.14. The van der Waals surface area contributed by atoms with Gasteiger partial charge in [0.1, 0.15) is 5.69 Å². The number of aryl methyl sites for hydroxylation is 1. The van der Waals surface area contributed by atoms with E-state index in [1.807, 2.05) is 31.2 Å². The van der Waals surface area contributed by atoms with Crippen molar-refractivity contribution < 1.29 is 4.79 Å². The van der Waals surface area contributed by atoms with Crippen LogP contribution in [0.25, 0.3) is 0 Å². The van der Waals surface area contributed by atoms with Gasteiger partial charge in [0.2, 0.25) is 0 Å². The van der Waals surface area contributed by atoms with E-state index < -0.39 is 0 Å². The molecule has 1 amide bonds. The zero-order valence-corrected chi connectivity index (χ0v) is 14.4. The van der Waals surface area contributed by atoms with E-state index >= 15 is 0 Å². The number of hydrogen-bond donors (Lipinski definition) is 2. The Morgan fingerprint density at radius 1 is 1.23 bits per heavy atom. The van der Waals surface area contributed by atoms with Crippen molar-refractivity contribution >= 4 is 33.2 Å². The number of rotatable bonds is 6. The molecule has 116 valence electrons. The van der Waals surface area contributed by atoms with Crippen molar-refractivity contribution in [3.63, 3.8) is 0 Å². The number of nitrogens with zero attached hydrogens (tertiary/aromatic N) is 1. The Morgan fingerprint density at radius 2 is 2.05 bits per heavy atom. The van der Waals surface area contributed by atoms with Crippen molar-refractivity contribution in [2.45, 2.75) is 26.7 Å². The number of anilines is 2. The first-order valence-electron chi connectivity index (χ1n) is 7.37. The van der Waals surface area contributed by atoms with Crippen LogP contribution in [0.4, 0.5) is 11.4 Å². The minimum atomic E-state index is -0.213. The first-order chi connectivity index (χ1) is 10.6. The fourth-order valence-electron chi connectivity index (χ4n) is 1.94. The Morgan fingerprint density at radius 3 is 2.77 bits per heavy atom. The second-order valence-corrected chi connectivity index (χ2v) is 5.98. The number of carbonyl (C=O) groups excluding carboxylic acids is 1. The molecule has 1 heterocycles. The SMILES string of the molecule is CCCCNc1ccnc(C(=O)Nc2ccc(C)c(Br)c2)c1. The smallest absolute Gasteiger partial charge is 0.274 e. The Kier molecular flexibility index (Phi) is 5.95. The van der Waals surface area contributed by atoms with Gasteiger partial charge < -0.3 is 10.6 Å². The standard InChI is InChI=1S/C17H20BrN3O/c1-3-4-8-19-13-7-9-20-16(11-13)17(22)21-14-6-5-12(2)15(18)10-14/h5-7,9-11H,3-4,8H2,1-2H3,(H,19,20)(H,21,22). The molecule has 22 heavy (non-hydrogen) atoms. The van der Waals surface area contributed by atoms with Crippen molar-refractivity contribution in [3.05, 3.63) is 52.3 Å². The molecule has 0 unspecified atom stereocenters. The summed E-state index contributed by atoms with van der Waals surface area (Å²) in [6.07, 6.45) is 3.88. The molecular formula is C17H20BrN3O. The minimum absolute atomic E-state index is 0.213. The van der Waals surface area contributed by atoms with E-state index in [2.05, 4.69) is 38.5 Å². The highest BCUT2D eigenvalue weighted by Gasteiger charge is 2.09. The molecule has 1 aromatic carbocycles. The van der Waals surface area contributed by atoms with E-state index in [0.29, 0.717) is 5.69 Å². The Labute approximate surface area is 139 Å². The van der Waals surface area contributed by atoms with Gasteiger partial charge in [0.25, 0.3) is 5.91 Å². The molecule has 0 aliphatic rings. The summed E-state index contributed by atoms with van der Waals surface area (Å²) in [4.78, 5) is 16.4. The van der Waals surface area contributed by atoms with E-state index in [4.69, 9.17) is 0 Å².